The largest absolute Gasteiger partial charge is 0.376 e. The topological polar surface area (TPSA) is 21.3 Å². The molecular formula is C18H29NO. The molecule has 1 fully saturated rings. The Bertz CT molecular complexity index is 421. The molecule has 2 heteroatoms. The van der Waals surface area contributed by atoms with Crippen molar-refractivity contribution in [1.29, 1.82) is 0 Å². The second kappa shape index (κ2) is 6.73. The van der Waals surface area contributed by atoms with Crippen molar-refractivity contribution >= 4 is 0 Å². The van der Waals surface area contributed by atoms with Gasteiger partial charge in [-0.15, -0.1) is 0 Å². The van der Waals surface area contributed by atoms with Gasteiger partial charge >= 0.3 is 0 Å². The van der Waals surface area contributed by atoms with E-state index < -0.39 is 0 Å². The molecule has 0 spiro atoms. The summed E-state index contributed by atoms with van der Waals surface area (Å²) in [5.74, 6) is 0.696. The van der Waals surface area contributed by atoms with Crippen LogP contribution in [0.3, 0.4) is 0 Å². The predicted molar refractivity (Wildman–Crippen MR) is 85.0 cm³/mol. The van der Waals surface area contributed by atoms with Gasteiger partial charge in [0.25, 0.3) is 0 Å². The highest BCUT2D eigenvalue weighted by Gasteiger charge is 2.41. The van der Waals surface area contributed by atoms with Crippen LogP contribution in [0.5, 0.6) is 0 Å². The zero-order chi connectivity index (χ0) is 14.6. The quantitative estimate of drug-likeness (QED) is 0.843. The average Bonchev–Trinajstić information content (AvgIpc) is 2.89. The molecule has 0 saturated heterocycles. The Morgan fingerprint density at radius 3 is 2.50 bits per heavy atom. The van der Waals surface area contributed by atoms with Gasteiger partial charge in [-0.2, -0.15) is 0 Å². The van der Waals surface area contributed by atoms with Crippen LogP contribution < -0.4 is 5.32 Å². The van der Waals surface area contributed by atoms with Crippen LogP contribution >= 0.6 is 0 Å². The molecule has 1 aliphatic carbocycles. The zero-order valence-electron chi connectivity index (χ0n) is 13.4. The Balaban J connectivity index is 2.27. The maximum Gasteiger partial charge on any atom is 0.0872 e. The number of ether oxygens (including phenoxy) is 1. The summed E-state index contributed by atoms with van der Waals surface area (Å²) in [6.45, 7) is 4.55. The van der Waals surface area contributed by atoms with Crippen molar-refractivity contribution in [3.63, 3.8) is 0 Å². The molecule has 0 aliphatic heterocycles. The molecule has 1 aromatic carbocycles. The van der Waals surface area contributed by atoms with E-state index in [9.17, 15) is 0 Å². The highest BCUT2D eigenvalue weighted by molar-refractivity contribution is 5.29. The van der Waals surface area contributed by atoms with E-state index in [4.69, 9.17) is 4.74 Å². The Kier molecular flexibility index (Phi) is 5.22. The van der Waals surface area contributed by atoms with E-state index in [1.54, 1.807) is 0 Å². The number of hydrogen-bond acceptors (Lipinski definition) is 2. The second-order valence-corrected chi connectivity index (χ2v) is 6.54. The van der Waals surface area contributed by atoms with Gasteiger partial charge in [-0.3, -0.25) is 0 Å². The molecular weight excluding hydrogens is 246 g/mol. The van der Waals surface area contributed by atoms with Crippen molar-refractivity contribution in [3.05, 3.63) is 35.4 Å². The lowest BCUT2D eigenvalue weighted by molar-refractivity contribution is -0.0349. The summed E-state index contributed by atoms with van der Waals surface area (Å²) in [7, 11) is 3.92. The molecule has 2 rings (SSSR count). The first-order valence-electron chi connectivity index (χ1n) is 7.92. The monoisotopic (exact) mass is 275 g/mol. The van der Waals surface area contributed by atoms with Crippen molar-refractivity contribution in [1.82, 2.24) is 5.32 Å². The molecule has 0 aromatic heterocycles. The maximum absolute atomic E-state index is 5.96. The summed E-state index contributed by atoms with van der Waals surface area (Å²) in [5, 5.41) is 3.51. The third kappa shape index (κ3) is 3.24. The van der Waals surface area contributed by atoms with Crippen LogP contribution in [0.15, 0.2) is 24.3 Å². The Morgan fingerprint density at radius 2 is 1.95 bits per heavy atom. The molecule has 1 saturated carbocycles. The summed E-state index contributed by atoms with van der Waals surface area (Å²) in [6.07, 6.45) is 6.01. The van der Waals surface area contributed by atoms with Crippen LogP contribution in [0.4, 0.5) is 0 Å². The van der Waals surface area contributed by atoms with Gasteiger partial charge in [0.05, 0.1) is 11.6 Å². The van der Waals surface area contributed by atoms with Crippen LogP contribution in [-0.2, 0) is 11.2 Å². The smallest absolute Gasteiger partial charge is 0.0872 e. The van der Waals surface area contributed by atoms with Gasteiger partial charge in [-0.05, 0) is 43.4 Å². The zero-order valence-corrected chi connectivity index (χ0v) is 13.4. The highest BCUT2D eigenvalue weighted by atomic mass is 16.5. The van der Waals surface area contributed by atoms with Crippen molar-refractivity contribution < 1.29 is 4.74 Å². The molecule has 1 aliphatic rings. The fourth-order valence-electron chi connectivity index (χ4n) is 3.69. The third-order valence-electron chi connectivity index (χ3n) is 4.60. The van der Waals surface area contributed by atoms with E-state index in [-0.39, 0.29) is 5.60 Å². The van der Waals surface area contributed by atoms with Gasteiger partial charge in [0.2, 0.25) is 0 Å². The van der Waals surface area contributed by atoms with Crippen molar-refractivity contribution in [3.8, 4) is 0 Å². The Labute approximate surface area is 123 Å². The van der Waals surface area contributed by atoms with Crippen molar-refractivity contribution in [2.75, 3.05) is 14.2 Å². The van der Waals surface area contributed by atoms with Crippen LogP contribution in [0.25, 0.3) is 0 Å². The number of likely N-dealkylation sites (N-methyl/N-ethyl adjacent to an activating group) is 1. The molecule has 20 heavy (non-hydrogen) atoms. The van der Waals surface area contributed by atoms with Gasteiger partial charge in [0, 0.05) is 7.11 Å². The number of rotatable bonds is 6. The summed E-state index contributed by atoms with van der Waals surface area (Å²) < 4.78 is 5.96. The first kappa shape index (κ1) is 15.5. The van der Waals surface area contributed by atoms with Crippen LogP contribution in [0.2, 0.25) is 0 Å². The van der Waals surface area contributed by atoms with Crippen LogP contribution in [-0.4, -0.2) is 19.8 Å². The number of benzene rings is 1. The van der Waals surface area contributed by atoms with Gasteiger partial charge in [-0.25, -0.2) is 0 Å². The van der Waals surface area contributed by atoms with Crippen LogP contribution in [0, 0.1) is 5.92 Å². The number of nitrogens with one attached hydrogen (secondary N) is 1. The summed E-state index contributed by atoms with van der Waals surface area (Å²) in [6, 6.07) is 9.33. The summed E-state index contributed by atoms with van der Waals surface area (Å²) >= 11 is 0. The van der Waals surface area contributed by atoms with Gasteiger partial charge in [0.15, 0.2) is 0 Å². The Hall–Kier alpha value is -0.860. The first-order valence-corrected chi connectivity index (χ1v) is 7.92. The normalized spacial score (nSPS) is 19.4. The maximum atomic E-state index is 5.96. The third-order valence-corrected chi connectivity index (χ3v) is 4.60. The van der Waals surface area contributed by atoms with Gasteiger partial charge < -0.3 is 10.1 Å². The molecule has 1 aromatic rings. The molecule has 0 bridgehead atoms. The molecule has 0 amide bonds. The lowest BCUT2D eigenvalue weighted by Crippen LogP contribution is -2.42. The minimum atomic E-state index is -0.0226. The fourth-order valence-corrected chi connectivity index (χ4v) is 3.69. The predicted octanol–water partition coefficient (Wildman–Crippen LogP) is 4.10. The number of hydrogen-bond donors (Lipinski definition) is 1. The molecule has 1 unspecified atom stereocenters. The van der Waals surface area contributed by atoms with E-state index >= 15 is 0 Å². The SMILES string of the molecule is CNC(c1cccc(CC(C)C)c1)C1(OC)CCCC1. The highest BCUT2D eigenvalue weighted by Crippen LogP contribution is 2.42. The molecule has 0 heterocycles. The number of methoxy groups -OCH3 is 1. The molecule has 0 radical (unpaired) electrons. The molecule has 112 valence electrons. The van der Waals surface area contributed by atoms with Gasteiger partial charge in [0.1, 0.15) is 0 Å². The first-order chi connectivity index (χ1) is 9.61. The van der Waals surface area contributed by atoms with Crippen molar-refractivity contribution in [2.45, 2.75) is 57.6 Å². The minimum absolute atomic E-state index is 0.0226. The summed E-state index contributed by atoms with van der Waals surface area (Å²) in [4.78, 5) is 0. The average molecular weight is 275 g/mol. The van der Waals surface area contributed by atoms with E-state index in [0.717, 1.165) is 19.3 Å². The Morgan fingerprint density at radius 1 is 1.25 bits per heavy atom. The minimum Gasteiger partial charge on any atom is -0.376 e. The summed E-state index contributed by atoms with van der Waals surface area (Å²) in [5.41, 5.74) is 2.78. The van der Waals surface area contributed by atoms with Crippen molar-refractivity contribution in [2.24, 2.45) is 5.92 Å². The lowest BCUT2D eigenvalue weighted by atomic mass is 9.85. The van der Waals surface area contributed by atoms with E-state index in [0.29, 0.717) is 12.0 Å². The van der Waals surface area contributed by atoms with E-state index in [1.165, 1.54) is 24.0 Å². The van der Waals surface area contributed by atoms with Gasteiger partial charge in [-0.1, -0.05) is 51.0 Å². The second-order valence-electron chi connectivity index (χ2n) is 6.54. The van der Waals surface area contributed by atoms with E-state index in [1.807, 2.05) is 7.11 Å². The lowest BCUT2D eigenvalue weighted by Gasteiger charge is -2.36. The molecule has 1 N–H and O–H groups in total. The van der Waals surface area contributed by atoms with Crippen LogP contribution in [0.1, 0.15) is 56.7 Å². The molecule has 1 atom stereocenters. The standard InChI is InChI=1S/C18H29NO/c1-14(2)12-15-8-7-9-16(13-15)17(19-3)18(20-4)10-5-6-11-18/h7-9,13-14,17,19H,5-6,10-12H2,1-4H3. The van der Waals surface area contributed by atoms with E-state index in [2.05, 4.69) is 50.5 Å². The fraction of sp³-hybridized carbons (Fsp3) is 0.667. The molecule has 2 nitrogen and oxygen atoms in total.